The summed E-state index contributed by atoms with van der Waals surface area (Å²) >= 11 is 0. The van der Waals surface area contributed by atoms with Gasteiger partial charge in [0.1, 0.15) is 6.61 Å². The van der Waals surface area contributed by atoms with Crippen molar-refractivity contribution in [3.05, 3.63) is 12.2 Å². The van der Waals surface area contributed by atoms with Gasteiger partial charge in [-0.15, -0.1) is 6.42 Å². The van der Waals surface area contributed by atoms with Crippen LogP contribution in [0.1, 0.15) is 0 Å². The van der Waals surface area contributed by atoms with Crippen LogP contribution < -0.4 is 0 Å². The van der Waals surface area contributed by atoms with Crippen LogP contribution in [0.2, 0.25) is 0 Å². The quantitative estimate of drug-likeness (QED) is 0.313. The molecule has 0 heterocycles. The summed E-state index contributed by atoms with van der Waals surface area (Å²) in [6.07, 6.45) is 4.87. The number of hydrogen-bond donors (Lipinski definition) is 0. The Labute approximate surface area is 54.7 Å². The van der Waals surface area contributed by atoms with Crippen molar-refractivity contribution in [3.63, 3.8) is 0 Å². The highest BCUT2D eigenvalue weighted by molar-refractivity contribution is 5.15. The first-order chi connectivity index (χ1) is 4.31. The molecule has 0 aliphatic carbocycles. The molecule has 0 amide bonds. The van der Waals surface area contributed by atoms with Gasteiger partial charge in [0, 0.05) is 5.57 Å². The van der Waals surface area contributed by atoms with Gasteiger partial charge in [-0.2, -0.15) is 5.26 Å². The first-order valence-corrected chi connectivity index (χ1v) is 2.40. The van der Waals surface area contributed by atoms with E-state index in [9.17, 15) is 0 Å². The second-order valence-electron chi connectivity index (χ2n) is 1.41. The minimum Gasteiger partial charge on any atom is -0.363 e. The molecule has 9 heavy (non-hydrogen) atoms. The van der Waals surface area contributed by atoms with E-state index in [1.165, 1.54) is 0 Å². The fraction of sp³-hybridized carbons (Fsp3) is 0.286. The van der Waals surface area contributed by atoms with Crippen LogP contribution in [0, 0.1) is 23.7 Å². The summed E-state index contributed by atoms with van der Waals surface area (Å²) in [5, 5.41) is 8.15. The molecule has 2 heteroatoms. The molecule has 46 valence electrons. The molecule has 0 aromatic carbocycles. The van der Waals surface area contributed by atoms with Crippen molar-refractivity contribution in [1.29, 1.82) is 5.26 Å². The van der Waals surface area contributed by atoms with Crippen molar-refractivity contribution in [1.82, 2.24) is 0 Å². The largest absolute Gasteiger partial charge is 0.363 e. The van der Waals surface area contributed by atoms with E-state index in [4.69, 9.17) is 16.4 Å². The third kappa shape index (κ3) is 4.61. The maximum Gasteiger partial charge on any atom is 0.107 e. The number of hydrogen-bond acceptors (Lipinski definition) is 2. The molecule has 2 nitrogen and oxygen atoms in total. The Morgan fingerprint density at radius 3 is 2.89 bits per heavy atom. The number of ether oxygens (including phenoxy) is 1. The van der Waals surface area contributed by atoms with Gasteiger partial charge in [0.15, 0.2) is 0 Å². The molecule has 0 atom stereocenters. The Balaban J connectivity index is 3.23. The van der Waals surface area contributed by atoms with E-state index in [0.29, 0.717) is 5.57 Å². The Kier molecular flexibility index (Phi) is 4.22. The number of nitriles is 1. The fourth-order valence-electron chi connectivity index (χ4n) is 0.265. The lowest BCUT2D eigenvalue weighted by Crippen LogP contribution is -1.94. The predicted octanol–water partition coefficient (Wildman–Crippen LogP) is 0.716. The topological polar surface area (TPSA) is 33.0 Å². The van der Waals surface area contributed by atoms with Gasteiger partial charge in [0.2, 0.25) is 0 Å². The molecule has 0 aliphatic heterocycles. The highest BCUT2D eigenvalue weighted by Gasteiger charge is 1.87. The second kappa shape index (κ2) is 4.90. The first kappa shape index (κ1) is 7.75. The molecule has 0 unspecified atom stereocenters. The molecular weight excluding hydrogens is 114 g/mol. The Morgan fingerprint density at radius 2 is 2.44 bits per heavy atom. The molecule has 0 spiro atoms. The van der Waals surface area contributed by atoms with Crippen molar-refractivity contribution in [2.24, 2.45) is 0 Å². The predicted molar refractivity (Wildman–Crippen MR) is 34.4 cm³/mol. The van der Waals surface area contributed by atoms with Crippen molar-refractivity contribution in [2.75, 3.05) is 13.2 Å². The van der Waals surface area contributed by atoms with Crippen LogP contribution in [0.25, 0.3) is 0 Å². The van der Waals surface area contributed by atoms with E-state index in [-0.39, 0.29) is 13.2 Å². The average molecular weight is 121 g/mol. The Hall–Kier alpha value is -1.25. The highest BCUT2D eigenvalue weighted by Crippen LogP contribution is 1.86. The van der Waals surface area contributed by atoms with Crippen molar-refractivity contribution in [3.8, 4) is 18.4 Å². The Bertz CT molecular complexity index is 170. The lowest BCUT2D eigenvalue weighted by Gasteiger charge is -1.93. The lowest BCUT2D eigenvalue weighted by molar-refractivity contribution is 0.195. The summed E-state index contributed by atoms with van der Waals surface area (Å²) in [6, 6.07) is 1.84. The van der Waals surface area contributed by atoms with Crippen LogP contribution in [-0.2, 0) is 4.74 Å². The van der Waals surface area contributed by atoms with Crippen LogP contribution in [0.5, 0.6) is 0 Å². The first-order valence-electron chi connectivity index (χ1n) is 2.40. The summed E-state index contributed by atoms with van der Waals surface area (Å²) in [6.45, 7) is 3.86. The van der Waals surface area contributed by atoms with Crippen LogP contribution in [0.15, 0.2) is 12.2 Å². The van der Waals surface area contributed by atoms with E-state index in [2.05, 4.69) is 12.5 Å². The molecular formula is C7H7NO. The van der Waals surface area contributed by atoms with Gasteiger partial charge in [0.05, 0.1) is 12.7 Å². The molecule has 0 radical (unpaired) electrons. The number of nitrogens with zero attached hydrogens (tertiary/aromatic N) is 1. The van der Waals surface area contributed by atoms with Gasteiger partial charge in [-0.05, 0) is 0 Å². The van der Waals surface area contributed by atoms with Crippen molar-refractivity contribution < 1.29 is 4.74 Å². The number of rotatable bonds is 3. The molecule has 0 N–H and O–H groups in total. The summed E-state index contributed by atoms with van der Waals surface area (Å²) in [5.41, 5.74) is 0.394. The van der Waals surface area contributed by atoms with Gasteiger partial charge >= 0.3 is 0 Å². The molecule has 0 aliphatic rings. The summed E-state index contributed by atoms with van der Waals surface area (Å²) < 4.78 is 4.78. The van der Waals surface area contributed by atoms with Crippen molar-refractivity contribution >= 4 is 0 Å². The van der Waals surface area contributed by atoms with Crippen LogP contribution in [0.4, 0.5) is 0 Å². The average Bonchev–Trinajstić information content (AvgIpc) is 1.89. The standard InChI is InChI=1S/C7H7NO/c1-3-4-9-6-7(2)5-8/h1H,2,4,6H2. The molecule has 0 rings (SSSR count). The lowest BCUT2D eigenvalue weighted by atomic mass is 10.4. The summed E-state index contributed by atoms with van der Waals surface area (Å²) in [5.74, 6) is 2.27. The molecule has 0 aromatic rings. The van der Waals surface area contributed by atoms with Gasteiger partial charge in [0.25, 0.3) is 0 Å². The highest BCUT2D eigenvalue weighted by atomic mass is 16.5. The molecule has 0 saturated heterocycles. The maximum atomic E-state index is 8.15. The van der Waals surface area contributed by atoms with E-state index < -0.39 is 0 Å². The summed E-state index contributed by atoms with van der Waals surface area (Å²) in [7, 11) is 0. The van der Waals surface area contributed by atoms with E-state index >= 15 is 0 Å². The van der Waals surface area contributed by atoms with Gasteiger partial charge in [-0.3, -0.25) is 0 Å². The van der Waals surface area contributed by atoms with Crippen LogP contribution >= 0.6 is 0 Å². The third-order valence-electron chi connectivity index (χ3n) is 0.620. The third-order valence-corrected chi connectivity index (χ3v) is 0.620. The summed E-state index contributed by atoms with van der Waals surface area (Å²) in [4.78, 5) is 0. The zero-order valence-electron chi connectivity index (χ0n) is 5.05. The second-order valence-corrected chi connectivity index (χ2v) is 1.41. The molecule has 0 aromatic heterocycles. The van der Waals surface area contributed by atoms with E-state index in [0.717, 1.165) is 0 Å². The molecule has 0 bridgehead atoms. The monoisotopic (exact) mass is 121 g/mol. The van der Waals surface area contributed by atoms with Gasteiger partial charge in [-0.25, -0.2) is 0 Å². The van der Waals surface area contributed by atoms with Gasteiger partial charge < -0.3 is 4.74 Å². The van der Waals surface area contributed by atoms with Crippen molar-refractivity contribution in [2.45, 2.75) is 0 Å². The van der Waals surface area contributed by atoms with E-state index in [1.54, 1.807) is 0 Å². The Morgan fingerprint density at radius 1 is 1.78 bits per heavy atom. The smallest absolute Gasteiger partial charge is 0.107 e. The molecule has 0 saturated carbocycles. The molecule has 0 fully saturated rings. The van der Waals surface area contributed by atoms with Gasteiger partial charge in [-0.1, -0.05) is 12.5 Å². The zero-order chi connectivity index (χ0) is 7.11. The minimum absolute atomic E-state index is 0.237. The van der Waals surface area contributed by atoms with E-state index in [1.807, 2.05) is 6.07 Å². The zero-order valence-corrected chi connectivity index (χ0v) is 5.05. The van der Waals surface area contributed by atoms with Crippen LogP contribution in [0.3, 0.4) is 0 Å². The van der Waals surface area contributed by atoms with Crippen LogP contribution in [-0.4, -0.2) is 13.2 Å². The normalized spacial score (nSPS) is 7.33. The maximum absolute atomic E-state index is 8.15. The number of terminal acetylenes is 1. The SMILES string of the molecule is C#CCOCC(=C)C#N. The minimum atomic E-state index is 0.237. The fourth-order valence-corrected chi connectivity index (χ4v) is 0.265.